The van der Waals surface area contributed by atoms with Crippen LogP contribution in [0.4, 0.5) is 0 Å². The zero-order chi connectivity index (χ0) is 16.0. The van der Waals surface area contributed by atoms with Crippen LogP contribution in [-0.2, 0) is 16.6 Å². The standard InChI is InChI=1S/C19H28N2O/c1-18(2,12-20)13-21(3)17(22)16-11-19(16)10-6-8-14-7-4-5-9-15(14)19/h4-5,7,9,16H,6,8,10-13,20H2,1-3H3. The summed E-state index contributed by atoms with van der Waals surface area (Å²) in [4.78, 5) is 14.8. The predicted octanol–water partition coefficient (Wildman–Crippen LogP) is 2.72. The van der Waals surface area contributed by atoms with Gasteiger partial charge in [-0.1, -0.05) is 38.1 Å². The molecule has 0 heterocycles. The minimum absolute atomic E-state index is 0.0169. The molecule has 2 unspecified atom stereocenters. The predicted molar refractivity (Wildman–Crippen MR) is 89.6 cm³/mol. The largest absolute Gasteiger partial charge is 0.345 e. The summed E-state index contributed by atoms with van der Waals surface area (Å²) in [7, 11) is 1.93. The Labute approximate surface area is 133 Å². The Morgan fingerprint density at radius 3 is 2.86 bits per heavy atom. The SMILES string of the molecule is CN(CC(C)(C)CN)C(=O)C1CC12CCCc1ccccc12. The van der Waals surface area contributed by atoms with Crippen molar-refractivity contribution in [2.45, 2.75) is 44.9 Å². The number of amides is 1. The van der Waals surface area contributed by atoms with Crippen molar-refractivity contribution in [2.24, 2.45) is 17.1 Å². The highest BCUT2D eigenvalue weighted by molar-refractivity contribution is 5.84. The highest BCUT2D eigenvalue weighted by Gasteiger charge is 2.60. The number of hydrogen-bond donors (Lipinski definition) is 1. The second-order valence-corrected chi connectivity index (χ2v) is 7.99. The molecule has 2 atom stereocenters. The zero-order valence-corrected chi connectivity index (χ0v) is 14.1. The lowest BCUT2D eigenvalue weighted by Crippen LogP contribution is -2.41. The number of hydrogen-bond acceptors (Lipinski definition) is 2. The van der Waals surface area contributed by atoms with Gasteiger partial charge in [-0.3, -0.25) is 4.79 Å². The summed E-state index contributed by atoms with van der Waals surface area (Å²) in [6.45, 7) is 5.57. The van der Waals surface area contributed by atoms with E-state index in [0.29, 0.717) is 12.5 Å². The molecule has 2 N–H and O–H groups in total. The van der Waals surface area contributed by atoms with Gasteiger partial charge in [0.25, 0.3) is 0 Å². The first-order valence-electron chi connectivity index (χ1n) is 8.43. The number of benzene rings is 1. The number of carbonyl (C=O) groups is 1. The van der Waals surface area contributed by atoms with Crippen LogP contribution in [0.15, 0.2) is 24.3 Å². The van der Waals surface area contributed by atoms with Gasteiger partial charge in [-0.2, -0.15) is 0 Å². The number of nitrogens with two attached hydrogens (primary N) is 1. The van der Waals surface area contributed by atoms with Gasteiger partial charge in [0, 0.05) is 24.9 Å². The molecule has 3 heteroatoms. The molecule has 3 nitrogen and oxygen atoms in total. The molecule has 2 aliphatic rings. The molecule has 0 bridgehead atoms. The highest BCUT2D eigenvalue weighted by atomic mass is 16.2. The van der Waals surface area contributed by atoms with Crippen LogP contribution in [0.5, 0.6) is 0 Å². The van der Waals surface area contributed by atoms with Crippen molar-refractivity contribution in [1.82, 2.24) is 4.90 Å². The second-order valence-electron chi connectivity index (χ2n) is 7.99. The quantitative estimate of drug-likeness (QED) is 0.929. The molecule has 1 aromatic rings. The molecule has 0 aromatic heterocycles. The number of carbonyl (C=O) groups excluding carboxylic acids is 1. The van der Waals surface area contributed by atoms with Crippen LogP contribution in [-0.4, -0.2) is 30.9 Å². The molecule has 3 rings (SSSR count). The van der Waals surface area contributed by atoms with Crippen LogP contribution >= 0.6 is 0 Å². The van der Waals surface area contributed by atoms with E-state index < -0.39 is 0 Å². The summed E-state index contributed by atoms with van der Waals surface area (Å²) < 4.78 is 0. The molecular formula is C19H28N2O. The Morgan fingerprint density at radius 2 is 2.14 bits per heavy atom. The van der Waals surface area contributed by atoms with Gasteiger partial charge >= 0.3 is 0 Å². The van der Waals surface area contributed by atoms with Gasteiger partial charge < -0.3 is 10.6 Å². The lowest BCUT2D eigenvalue weighted by Gasteiger charge is -2.31. The van der Waals surface area contributed by atoms with Crippen molar-refractivity contribution < 1.29 is 4.79 Å². The third-order valence-electron chi connectivity index (χ3n) is 5.59. The second kappa shape index (κ2) is 5.38. The van der Waals surface area contributed by atoms with Crippen molar-refractivity contribution in [3.63, 3.8) is 0 Å². The molecule has 0 saturated heterocycles. The molecule has 22 heavy (non-hydrogen) atoms. The summed E-state index contributed by atoms with van der Waals surface area (Å²) in [6, 6.07) is 8.71. The van der Waals surface area contributed by atoms with Crippen molar-refractivity contribution in [1.29, 1.82) is 0 Å². The van der Waals surface area contributed by atoms with E-state index in [2.05, 4.69) is 38.1 Å². The van der Waals surface area contributed by atoms with E-state index in [-0.39, 0.29) is 16.7 Å². The minimum atomic E-state index is -0.0169. The van der Waals surface area contributed by atoms with Crippen LogP contribution in [0.2, 0.25) is 0 Å². The van der Waals surface area contributed by atoms with Crippen LogP contribution < -0.4 is 5.73 Å². The van der Waals surface area contributed by atoms with Gasteiger partial charge in [0.15, 0.2) is 0 Å². The third kappa shape index (κ3) is 2.56. The molecular weight excluding hydrogens is 272 g/mol. The van der Waals surface area contributed by atoms with Gasteiger partial charge in [-0.25, -0.2) is 0 Å². The molecule has 1 saturated carbocycles. The van der Waals surface area contributed by atoms with E-state index >= 15 is 0 Å². The van der Waals surface area contributed by atoms with Crippen molar-refractivity contribution >= 4 is 5.91 Å². The van der Waals surface area contributed by atoms with Crippen molar-refractivity contribution in [2.75, 3.05) is 20.1 Å². The Hall–Kier alpha value is -1.35. The first kappa shape index (κ1) is 15.5. The molecule has 1 fully saturated rings. The fraction of sp³-hybridized carbons (Fsp3) is 0.632. The molecule has 1 aromatic carbocycles. The average Bonchev–Trinajstić information content (AvgIpc) is 3.21. The zero-order valence-electron chi connectivity index (χ0n) is 14.1. The Balaban J connectivity index is 1.76. The van der Waals surface area contributed by atoms with E-state index in [1.165, 1.54) is 17.5 Å². The smallest absolute Gasteiger partial charge is 0.226 e. The van der Waals surface area contributed by atoms with Crippen LogP contribution in [0, 0.1) is 11.3 Å². The van der Waals surface area contributed by atoms with Crippen molar-refractivity contribution in [3.05, 3.63) is 35.4 Å². The number of rotatable bonds is 4. The number of aryl methyl sites for hydroxylation is 1. The summed E-state index contributed by atoms with van der Waals surface area (Å²) in [6.07, 6.45) is 4.55. The van der Waals surface area contributed by atoms with E-state index in [1.807, 2.05) is 11.9 Å². The lowest BCUT2D eigenvalue weighted by atomic mass is 9.78. The first-order valence-corrected chi connectivity index (χ1v) is 8.43. The van der Waals surface area contributed by atoms with Crippen LogP contribution in [0.3, 0.4) is 0 Å². The van der Waals surface area contributed by atoms with Crippen LogP contribution in [0.1, 0.15) is 44.2 Å². The van der Waals surface area contributed by atoms with Gasteiger partial charge in [0.05, 0.1) is 0 Å². The molecule has 120 valence electrons. The third-order valence-corrected chi connectivity index (χ3v) is 5.59. The fourth-order valence-corrected chi connectivity index (χ4v) is 4.21. The number of nitrogens with zero attached hydrogens (tertiary/aromatic N) is 1. The Morgan fingerprint density at radius 1 is 1.41 bits per heavy atom. The summed E-state index contributed by atoms with van der Waals surface area (Å²) >= 11 is 0. The topological polar surface area (TPSA) is 46.3 Å². The van der Waals surface area contributed by atoms with Gasteiger partial charge in [0.1, 0.15) is 0 Å². The maximum atomic E-state index is 12.9. The summed E-state index contributed by atoms with van der Waals surface area (Å²) in [5, 5.41) is 0. The van der Waals surface area contributed by atoms with Gasteiger partial charge in [0.2, 0.25) is 5.91 Å². The van der Waals surface area contributed by atoms with E-state index in [4.69, 9.17) is 5.73 Å². The number of fused-ring (bicyclic) bond motifs is 2. The average molecular weight is 300 g/mol. The maximum absolute atomic E-state index is 12.9. The molecule has 1 amide bonds. The first-order chi connectivity index (χ1) is 10.4. The normalized spacial score (nSPS) is 26.6. The van der Waals surface area contributed by atoms with E-state index in [9.17, 15) is 4.79 Å². The maximum Gasteiger partial charge on any atom is 0.226 e. The summed E-state index contributed by atoms with van der Waals surface area (Å²) in [5.74, 6) is 0.478. The Bertz CT molecular complexity index is 581. The fourth-order valence-electron chi connectivity index (χ4n) is 4.21. The van der Waals surface area contributed by atoms with Gasteiger partial charge in [-0.05, 0) is 48.8 Å². The molecule has 0 radical (unpaired) electrons. The van der Waals surface area contributed by atoms with Crippen molar-refractivity contribution in [3.8, 4) is 0 Å². The molecule has 0 aliphatic heterocycles. The van der Waals surface area contributed by atoms with Crippen LogP contribution in [0.25, 0.3) is 0 Å². The van der Waals surface area contributed by atoms with E-state index in [0.717, 1.165) is 25.8 Å². The molecule has 2 aliphatic carbocycles. The van der Waals surface area contributed by atoms with Gasteiger partial charge in [-0.15, -0.1) is 0 Å². The minimum Gasteiger partial charge on any atom is -0.345 e. The summed E-state index contributed by atoms with van der Waals surface area (Å²) in [5.41, 5.74) is 8.81. The Kier molecular flexibility index (Phi) is 3.80. The highest BCUT2D eigenvalue weighted by Crippen LogP contribution is 2.60. The van der Waals surface area contributed by atoms with E-state index in [1.54, 1.807) is 0 Å². The monoisotopic (exact) mass is 300 g/mol. The lowest BCUT2D eigenvalue weighted by molar-refractivity contribution is -0.133. The molecule has 1 spiro atoms.